The Morgan fingerprint density at radius 3 is 2.17 bits per heavy atom. The highest BCUT2D eigenvalue weighted by atomic mass is 35.5. The minimum Gasteiger partial charge on any atom is -0.451 e. The van der Waals surface area contributed by atoms with Crippen molar-refractivity contribution in [2.45, 2.75) is 6.92 Å². The first-order valence-corrected chi connectivity index (χ1v) is 7.73. The average Bonchev–Trinajstić information content (AvgIpc) is 2.93. The highest BCUT2D eigenvalue weighted by Crippen LogP contribution is 2.22. The van der Waals surface area contributed by atoms with E-state index >= 15 is 0 Å². The minimum absolute atomic E-state index is 0.178. The van der Waals surface area contributed by atoms with Crippen LogP contribution in [-0.2, 0) is 14.3 Å². The van der Waals surface area contributed by atoms with Gasteiger partial charge in [0, 0.05) is 18.3 Å². The van der Waals surface area contributed by atoms with E-state index in [1.807, 2.05) is 0 Å². The van der Waals surface area contributed by atoms with Gasteiger partial charge in [-0.15, -0.1) is 11.3 Å². The van der Waals surface area contributed by atoms with E-state index in [1.54, 1.807) is 30.3 Å². The van der Waals surface area contributed by atoms with Crippen molar-refractivity contribution in [3.63, 3.8) is 0 Å². The molecule has 1 heterocycles. The maximum absolute atomic E-state index is 11.7. The van der Waals surface area contributed by atoms with E-state index in [-0.39, 0.29) is 5.91 Å². The standard InChI is InChI=1S/C15H13ClN2O4S/c1-9(19)17-10-2-4-11(5-3-10)18-14(20)8-22-15(21)12-6-7-13(16)23-12/h2-7H,8H2,1H3,(H,17,19)(H,18,20). The Balaban J connectivity index is 1.82. The van der Waals surface area contributed by atoms with Gasteiger partial charge in [-0.05, 0) is 36.4 Å². The highest BCUT2D eigenvalue weighted by molar-refractivity contribution is 7.17. The number of halogens is 1. The summed E-state index contributed by atoms with van der Waals surface area (Å²) < 4.78 is 5.37. The number of nitrogens with one attached hydrogen (secondary N) is 2. The van der Waals surface area contributed by atoms with E-state index in [2.05, 4.69) is 10.6 Å². The van der Waals surface area contributed by atoms with E-state index in [0.717, 1.165) is 11.3 Å². The van der Waals surface area contributed by atoms with Gasteiger partial charge in [-0.25, -0.2) is 4.79 Å². The van der Waals surface area contributed by atoms with Crippen molar-refractivity contribution >= 4 is 52.1 Å². The Hall–Kier alpha value is -2.38. The number of hydrogen-bond acceptors (Lipinski definition) is 5. The Kier molecular flexibility index (Phi) is 5.72. The zero-order chi connectivity index (χ0) is 16.8. The minimum atomic E-state index is -0.599. The van der Waals surface area contributed by atoms with Crippen molar-refractivity contribution in [2.75, 3.05) is 17.2 Å². The molecule has 2 aromatic rings. The maximum atomic E-state index is 11.7. The Bertz CT molecular complexity index is 727. The summed E-state index contributed by atoms with van der Waals surface area (Å²) in [5, 5.41) is 5.20. The van der Waals surface area contributed by atoms with Gasteiger partial charge in [0.1, 0.15) is 4.88 Å². The number of rotatable bonds is 5. The first kappa shape index (κ1) is 17.0. The SMILES string of the molecule is CC(=O)Nc1ccc(NC(=O)COC(=O)c2ccc(Cl)s2)cc1. The Morgan fingerprint density at radius 2 is 1.65 bits per heavy atom. The molecule has 2 amide bonds. The summed E-state index contributed by atoms with van der Waals surface area (Å²) in [6, 6.07) is 9.68. The van der Waals surface area contributed by atoms with Crippen molar-refractivity contribution in [1.29, 1.82) is 0 Å². The molecule has 0 atom stereocenters. The van der Waals surface area contributed by atoms with Gasteiger partial charge in [-0.2, -0.15) is 0 Å². The molecule has 0 aliphatic heterocycles. The van der Waals surface area contributed by atoms with Gasteiger partial charge < -0.3 is 15.4 Å². The van der Waals surface area contributed by atoms with Crippen LogP contribution in [0.1, 0.15) is 16.6 Å². The molecule has 0 fully saturated rings. The summed E-state index contributed by atoms with van der Waals surface area (Å²) in [6.07, 6.45) is 0. The fourth-order valence-corrected chi connectivity index (χ4v) is 2.60. The van der Waals surface area contributed by atoms with Crippen LogP contribution in [0.15, 0.2) is 36.4 Å². The lowest BCUT2D eigenvalue weighted by Gasteiger charge is -2.07. The number of hydrogen-bond donors (Lipinski definition) is 2. The molecular formula is C15H13ClN2O4S. The first-order chi connectivity index (χ1) is 10.9. The predicted octanol–water partition coefficient (Wildman–Crippen LogP) is 3.16. The first-order valence-electron chi connectivity index (χ1n) is 6.54. The summed E-state index contributed by atoms with van der Waals surface area (Å²) in [4.78, 5) is 34.6. The number of carbonyl (C=O) groups is 3. The molecule has 0 aliphatic carbocycles. The number of benzene rings is 1. The van der Waals surface area contributed by atoms with Crippen LogP contribution in [0, 0.1) is 0 Å². The molecule has 0 unspecified atom stereocenters. The molecule has 0 radical (unpaired) electrons. The maximum Gasteiger partial charge on any atom is 0.348 e. The normalized spacial score (nSPS) is 10.0. The molecule has 1 aromatic heterocycles. The second-order valence-corrected chi connectivity index (χ2v) is 6.20. The van der Waals surface area contributed by atoms with Gasteiger partial charge in [-0.3, -0.25) is 9.59 Å². The zero-order valence-corrected chi connectivity index (χ0v) is 13.7. The molecule has 0 spiro atoms. The summed E-state index contributed by atoms with van der Waals surface area (Å²) in [5.41, 5.74) is 1.15. The van der Waals surface area contributed by atoms with Crippen LogP contribution in [0.5, 0.6) is 0 Å². The molecule has 6 nitrogen and oxygen atoms in total. The number of ether oxygens (including phenoxy) is 1. The van der Waals surface area contributed by atoms with Crippen molar-refractivity contribution in [1.82, 2.24) is 0 Å². The van der Waals surface area contributed by atoms with Crippen LogP contribution >= 0.6 is 22.9 Å². The number of carbonyl (C=O) groups excluding carboxylic acids is 3. The fraction of sp³-hybridized carbons (Fsp3) is 0.133. The molecule has 0 bridgehead atoms. The topological polar surface area (TPSA) is 84.5 Å². The number of amides is 2. The Labute approximate surface area is 141 Å². The summed E-state index contributed by atoms with van der Waals surface area (Å²) in [5.74, 6) is -1.24. The lowest BCUT2D eigenvalue weighted by molar-refractivity contribution is -0.119. The van der Waals surface area contributed by atoms with E-state index in [9.17, 15) is 14.4 Å². The van der Waals surface area contributed by atoms with E-state index < -0.39 is 18.5 Å². The smallest absolute Gasteiger partial charge is 0.348 e. The Morgan fingerprint density at radius 1 is 1.04 bits per heavy atom. The van der Waals surface area contributed by atoms with Crippen LogP contribution in [0.2, 0.25) is 4.34 Å². The van der Waals surface area contributed by atoms with Gasteiger partial charge >= 0.3 is 5.97 Å². The van der Waals surface area contributed by atoms with Crippen molar-refractivity contribution in [2.24, 2.45) is 0 Å². The molecule has 23 heavy (non-hydrogen) atoms. The van der Waals surface area contributed by atoms with Gasteiger partial charge in [-0.1, -0.05) is 11.6 Å². The number of anilines is 2. The van der Waals surface area contributed by atoms with E-state index in [4.69, 9.17) is 16.3 Å². The molecule has 1 aromatic carbocycles. The monoisotopic (exact) mass is 352 g/mol. The van der Waals surface area contributed by atoms with E-state index in [0.29, 0.717) is 20.6 Å². The average molecular weight is 353 g/mol. The van der Waals surface area contributed by atoms with Crippen LogP contribution in [-0.4, -0.2) is 24.4 Å². The molecule has 2 N–H and O–H groups in total. The molecule has 120 valence electrons. The summed E-state index contributed by atoms with van der Waals surface area (Å²) in [7, 11) is 0. The largest absolute Gasteiger partial charge is 0.451 e. The highest BCUT2D eigenvalue weighted by Gasteiger charge is 2.12. The van der Waals surface area contributed by atoms with Gasteiger partial charge in [0.25, 0.3) is 5.91 Å². The van der Waals surface area contributed by atoms with Crippen molar-refractivity contribution in [3.8, 4) is 0 Å². The second-order valence-electron chi connectivity index (χ2n) is 4.49. The van der Waals surface area contributed by atoms with Gasteiger partial charge in [0.2, 0.25) is 5.91 Å². The van der Waals surface area contributed by atoms with Crippen molar-refractivity contribution < 1.29 is 19.1 Å². The molecular weight excluding hydrogens is 340 g/mol. The fourth-order valence-electron chi connectivity index (χ4n) is 1.66. The molecule has 8 heteroatoms. The zero-order valence-electron chi connectivity index (χ0n) is 12.1. The number of thiophene rings is 1. The van der Waals surface area contributed by atoms with E-state index in [1.165, 1.54) is 13.0 Å². The summed E-state index contributed by atoms with van der Waals surface area (Å²) >= 11 is 6.81. The third-order valence-corrected chi connectivity index (χ3v) is 3.81. The van der Waals surface area contributed by atoms with Crippen LogP contribution in [0.4, 0.5) is 11.4 Å². The van der Waals surface area contributed by atoms with Gasteiger partial charge in [0.15, 0.2) is 6.61 Å². The van der Waals surface area contributed by atoms with Gasteiger partial charge in [0.05, 0.1) is 4.34 Å². The number of esters is 1. The van der Waals surface area contributed by atoms with Crippen LogP contribution < -0.4 is 10.6 Å². The van der Waals surface area contributed by atoms with Crippen LogP contribution in [0.3, 0.4) is 0 Å². The quantitative estimate of drug-likeness (QED) is 0.809. The lowest BCUT2D eigenvalue weighted by Crippen LogP contribution is -2.20. The predicted molar refractivity (Wildman–Crippen MR) is 89.0 cm³/mol. The van der Waals surface area contributed by atoms with Crippen LogP contribution in [0.25, 0.3) is 0 Å². The molecule has 0 saturated carbocycles. The molecule has 2 rings (SSSR count). The third-order valence-electron chi connectivity index (χ3n) is 2.60. The third kappa shape index (κ3) is 5.39. The summed E-state index contributed by atoms with van der Waals surface area (Å²) in [6.45, 7) is 1.01. The molecule has 0 saturated heterocycles. The van der Waals surface area contributed by atoms with Crippen molar-refractivity contribution in [3.05, 3.63) is 45.6 Å². The lowest BCUT2D eigenvalue weighted by atomic mass is 10.2. The molecule has 0 aliphatic rings. The second kappa shape index (κ2) is 7.75.